The Kier molecular flexibility index (Phi) is 2.88. The Morgan fingerprint density at radius 1 is 1.08 bits per heavy atom. The third-order valence-corrected chi connectivity index (χ3v) is 5.06. The Balaban J connectivity index is 1.48. The molecule has 2 aliphatic heterocycles. The van der Waals surface area contributed by atoms with Gasteiger partial charge in [0.25, 0.3) is 0 Å². The minimum absolute atomic E-state index is 0.0566. The molecule has 7 heteroatoms. The van der Waals surface area contributed by atoms with Crippen LogP contribution in [-0.2, 0) is 4.74 Å². The van der Waals surface area contributed by atoms with E-state index in [4.69, 9.17) is 4.74 Å². The van der Waals surface area contributed by atoms with E-state index in [1.54, 1.807) is 0 Å². The summed E-state index contributed by atoms with van der Waals surface area (Å²) in [6.07, 6.45) is 1.42. The van der Waals surface area contributed by atoms with Crippen LogP contribution in [0.15, 0.2) is 36.7 Å². The first-order chi connectivity index (χ1) is 12.1. The van der Waals surface area contributed by atoms with Crippen LogP contribution in [0.2, 0.25) is 0 Å². The Hall–Kier alpha value is -2.67. The second kappa shape index (κ2) is 4.92. The van der Waals surface area contributed by atoms with Crippen LogP contribution < -0.4 is 4.90 Å². The van der Waals surface area contributed by atoms with Gasteiger partial charge in [0.05, 0.1) is 24.1 Å². The highest BCUT2D eigenvalue weighted by Crippen LogP contribution is 2.40. The zero-order chi connectivity index (χ0) is 17.2. The number of rotatable bonds is 2. The molecule has 1 N–H and O–H groups in total. The molecule has 1 aromatic heterocycles. The molecular formula is C18H15F2N3O2. The van der Waals surface area contributed by atoms with Gasteiger partial charge in [0.1, 0.15) is 11.8 Å². The third-order valence-electron chi connectivity index (χ3n) is 5.06. The van der Waals surface area contributed by atoms with E-state index in [2.05, 4.69) is 9.88 Å². The van der Waals surface area contributed by atoms with Crippen molar-refractivity contribution in [2.24, 2.45) is 5.41 Å². The van der Waals surface area contributed by atoms with Crippen molar-refractivity contribution in [1.82, 2.24) is 9.55 Å². The van der Waals surface area contributed by atoms with Gasteiger partial charge in [-0.15, -0.1) is 0 Å². The molecule has 0 aliphatic carbocycles. The van der Waals surface area contributed by atoms with E-state index < -0.39 is 17.4 Å². The topological polar surface area (TPSA) is 50.5 Å². The zero-order valence-corrected chi connectivity index (χ0v) is 13.2. The molecule has 0 amide bonds. The fraction of sp³-hybridized carbons (Fsp3) is 0.278. The van der Waals surface area contributed by atoms with Gasteiger partial charge in [-0.2, -0.15) is 0 Å². The number of phenols is 1. The predicted molar refractivity (Wildman–Crippen MR) is 88.1 cm³/mol. The summed E-state index contributed by atoms with van der Waals surface area (Å²) in [6, 6.07) is 8.68. The molecule has 128 valence electrons. The number of anilines is 1. The fourth-order valence-corrected chi connectivity index (χ4v) is 3.63. The number of fused-ring (bicyclic) bond motifs is 1. The van der Waals surface area contributed by atoms with Crippen LogP contribution in [0.1, 0.15) is 0 Å². The summed E-state index contributed by atoms with van der Waals surface area (Å²) in [7, 11) is 0. The van der Waals surface area contributed by atoms with Gasteiger partial charge >= 0.3 is 0 Å². The van der Waals surface area contributed by atoms with Crippen molar-refractivity contribution in [3.05, 3.63) is 48.3 Å². The molecule has 0 radical (unpaired) electrons. The number of halogens is 2. The van der Waals surface area contributed by atoms with Crippen LogP contribution in [-0.4, -0.2) is 41.0 Å². The molecule has 2 aliphatic rings. The van der Waals surface area contributed by atoms with E-state index in [0.717, 1.165) is 38.1 Å². The number of aromatic hydroxyl groups is 1. The number of hydrogen-bond donors (Lipinski definition) is 1. The van der Waals surface area contributed by atoms with E-state index >= 15 is 0 Å². The van der Waals surface area contributed by atoms with Crippen molar-refractivity contribution in [3.63, 3.8) is 0 Å². The Bertz CT molecular complexity index is 972. The van der Waals surface area contributed by atoms with Gasteiger partial charge in [0.2, 0.25) is 0 Å². The normalized spacial score (nSPS) is 18.4. The first-order valence-corrected chi connectivity index (χ1v) is 8.04. The van der Waals surface area contributed by atoms with Gasteiger partial charge < -0.3 is 14.7 Å². The Morgan fingerprint density at radius 3 is 2.40 bits per heavy atom. The SMILES string of the molecule is Oc1c(F)cc2ncn(-c3ccc(N4CC5(COC5)C4)cc3)c2c1F. The lowest BCUT2D eigenvalue weighted by atomic mass is 9.78. The molecule has 0 atom stereocenters. The van der Waals surface area contributed by atoms with E-state index in [0.29, 0.717) is 11.1 Å². The fourth-order valence-electron chi connectivity index (χ4n) is 3.63. The summed E-state index contributed by atoms with van der Waals surface area (Å²) in [5.74, 6) is -3.01. The first-order valence-electron chi connectivity index (χ1n) is 8.04. The largest absolute Gasteiger partial charge is 0.503 e. The molecule has 3 aromatic rings. The molecule has 5 rings (SSSR count). The van der Waals surface area contributed by atoms with Crippen LogP contribution in [0.5, 0.6) is 5.75 Å². The second-order valence-electron chi connectivity index (χ2n) is 6.87. The summed E-state index contributed by atoms with van der Waals surface area (Å²) < 4.78 is 34.5. The maximum absolute atomic E-state index is 14.3. The van der Waals surface area contributed by atoms with Gasteiger partial charge in [-0.25, -0.2) is 13.8 Å². The van der Waals surface area contributed by atoms with Crippen molar-refractivity contribution in [2.75, 3.05) is 31.2 Å². The number of aromatic nitrogens is 2. The predicted octanol–water partition coefficient (Wildman–Crippen LogP) is 2.85. The minimum Gasteiger partial charge on any atom is -0.503 e. The molecule has 2 aromatic carbocycles. The number of phenolic OH excluding ortho intramolecular Hbond substituents is 1. The van der Waals surface area contributed by atoms with Crippen molar-refractivity contribution >= 4 is 16.7 Å². The van der Waals surface area contributed by atoms with Gasteiger partial charge in [0.15, 0.2) is 17.4 Å². The van der Waals surface area contributed by atoms with Crippen LogP contribution >= 0.6 is 0 Å². The maximum atomic E-state index is 14.3. The summed E-state index contributed by atoms with van der Waals surface area (Å²) >= 11 is 0. The smallest absolute Gasteiger partial charge is 0.194 e. The number of ether oxygens (including phenoxy) is 1. The van der Waals surface area contributed by atoms with E-state index in [9.17, 15) is 13.9 Å². The van der Waals surface area contributed by atoms with Crippen molar-refractivity contribution in [1.29, 1.82) is 0 Å². The quantitative estimate of drug-likeness (QED) is 0.777. The van der Waals surface area contributed by atoms with Crippen LogP contribution in [0, 0.1) is 17.0 Å². The number of nitrogens with zero attached hydrogens (tertiary/aromatic N) is 3. The van der Waals surface area contributed by atoms with E-state index in [1.807, 2.05) is 24.3 Å². The highest BCUT2D eigenvalue weighted by Gasteiger charge is 2.48. The minimum atomic E-state index is -1.02. The zero-order valence-electron chi connectivity index (χ0n) is 13.2. The summed E-state index contributed by atoms with van der Waals surface area (Å²) in [4.78, 5) is 6.31. The van der Waals surface area contributed by atoms with Gasteiger partial charge in [0, 0.05) is 30.5 Å². The van der Waals surface area contributed by atoms with Crippen LogP contribution in [0.3, 0.4) is 0 Å². The number of hydrogen-bond acceptors (Lipinski definition) is 4. The van der Waals surface area contributed by atoms with Crippen molar-refractivity contribution < 1.29 is 18.6 Å². The molecule has 0 bridgehead atoms. The highest BCUT2D eigenvalue weighted by atomic mass is 19.1. The standard InChI is InChI=1S/C18H15F2N3O2/c19-13-5-14-16(15(20)17(13)24)23(10-21-14)12-3-1-11(2-4-12)22-6-18(7-22)8-25-9-18/h1-5,10,24H,6-9H2. The van der Waals surface area contributed by atoms with Crippen LogP contribution in [0.4, 0.5) is 14.5 Å². The number of benzene rings is 2. The van der Waals surface area contributed by atoms with Gasteiger partial charge in [-0.05, 0) is 24.3 Å². The molecule has 2 saturated heterocycles. The molecule has 3 heterocycles. The number of imidazole rings is 1. The Labute approximate surface area is 142 Å². The van der Waals surface area contributed by atoms with Crippen molar-refractivity contribution in [3.8, 4) is 11.4 Å². The van der Waals surface area contributed by atoms with Gasteiger partial charge in [-0.3, -0.25) is 4.57 Å². The van der Waals surface area contributed by atoms with Crippen molar-refractivity contribution in [2.45, 2.75) is 0 Å². The summed E-state index contributed by atoms with van der Waals surface area (Å²) in [6.45, 7) is 3.65. The molecule has 5 nitrogen and oxygen atoms in total. The molecule has 0 saturated carbocycles. The Morgan fingerprint density at radius 2 is 1.76 bits per heavy atom. The molecule has 25 heavy (non-hydrogen) atoms. The van der Waals surface area contributed by atoms with E-state index in [1.165, 1.54) is 10.9 Å². The first kappa shape index (κ1) is 14.7. The molecule has 0 unspecified atom stereocenters. The van der Waals surface area contributed by atoms with Gasteiger partial charge in [-0.1, -0.05) is 0 Å². The summed E-state index contributed by atoms with van der Waals surface area (Å²) in [5.41, 5.74) is 2.34. The molecular weight excluding hydrogens is 328 g/mol. The lowest BCUT2D eigenvalue weighted by molar-refractivity contribution is -0.127. The molecule has 1 spiro atoms. The van der Waals surface area contributed by atoms with Crippen LogP contribution in [0.25, 0.3) is 16.7 Å². The molecule has 2 fully saturated rings. The van der Waals surface area contributed by atoms with E-state index in [-0.39, 0.29) is 11.0 Å². The lowest BCUT2D eigenvalue weighted by Crippen LogP contribution is -2.66. The lowest BCUT2D eigenvalue weighted by Gasteiger charge is -2.56. The third kappa shape index (κ3) is 2.05. The summed E-state index contributed by atoms with van der Waals surface area (Å²) in [5, 5.41) is 9.52. The maximum Gasteiger partial charge on any atom is 0.194 e. The average molecular weight is 343 g/mol. The highest BCUT2D eigenvalue weighted by molar-refractivity contribution is 5.80. The average Bonchev–Trinajstić information content (AvgIpc) is 2.94. The monoisotopic (exact) mass is 343 g/mol. The second-order valence-corrected chi connectivity index (χ2v) is 6.87.